The molecule has 5 heteroatoms. The number of rotatable bonds is 5. The number of nitrogens with one attached hydrogen (secondary N) is 1. The molecule has 27 heavy (non-hydrogen) atoms. The Hall–Kier alpha value is -3.60. The molecule has 0 saturated carbocycles. The van der Waals surface area contributed by atoms with Crippen molar-refractivity contribution >= 4 is 16.6 Å². The summed E-state index contributed by atoms with van der Waals surface area (Å²) in [6.45, 7) is 1.23. The van der Waals surface area contributed by atoms with Crippen LogP contribution in [0, 0.1) is 0 Å². The fourth-order valence-electron chi connectivity index (χ4n) is 3.04. The number of aromatic hydroxyl groups is 1. The third kappa shape index (κ3) is 3.82. The highest BCUT2D eigenvalue weighted by atomic mass is 16.3. The van der Waals surface area contributed by atoms with Crippen molar-refractivity contribution in [1.29, 1.82) is 0 Å². The lowest BCUT2D eigenvalue weighted by Gasteiger charge is -2.11. The van der Waals surface area contributed by atoms with Gasteiger partial charge in [-0.2, -0.15) is 0 Å². The van der Waals surface area contributed by atoms with Crippen LogP contribution >= 0.6 is 0 Å². The lowest BCUT2D eigenvalue weighted by Crippen LogP contribution is -2.18. The van der Waals surface area contributed by atoms with E-state index in [1.165, 1.54) is 0 Å². The summed E-state index contributed by atoms with van der Waals surface area (Å²) in [6, 6.07) is 20.5. The Morgan fingerprint density at radius 2 is 1.78 bits per heavy atom. The Labute approximate surface area is 156 Å². The molecule has 2 heterocycles. The fourth-order valence-corrected chi connectivity index (χ4v) is 3.04. The zero-order valence-corrected chi connectivity index (χ0v) is 14.7. The van der Waals surface area contributed by atoms with Crippen molar-refractivity contribution in [3.63, 3.8) is 0 Å². The van der Waals surface area contributed by atoms with Gasteiger partial charge >= 0.3 is 0 Å². The van der Waals surface area contributed by atoms with Crippen LogP contribution in [-0.4, -0.2) is 14.7 Å². The summed E-state index contributed by atoms with van der Waals surface area (Å²) < 4.78 is 1.69. The summed E-state index contributed by atoms with van der Waals surface area (Å²) in [7, 11) is 0. The average Bonchev–Trinajstić information content (AvgIpc) is 2.69. The van der Waals surface area contributed by atoms with Gasteiger partial charge in [0, 0.05) is 42.1 Å². The van der Waals surface area contributed by atoms with Crippen LogP contribution in [0.1, 0.15) is 11.1 Å². The molecule has 0 amide bonds. The summed E-state index contributed by atoms with van der Waals surface area (Å²) in [6.07, 6.45) is 3.52. The van der Waals surface area contributed by atoms with Crippen molar-refractivity contribution in [3.8, 4) is 5.75 Å². The van der Waals surface area contributed by atoms with Crippen LogP contribution in [0.25, 0.3) is 10.9 Å². The highest BCUT2D eigenvalue weighted by Gasteiger charge is 2.03. The Morgan fingerprint density at radius 3 is 2.59 bits per heavy atom. The maximum atomic E-state index is 11.8. The van der Waals surface area contributed by atoms with Crippen molar-refractivity contribution in [2.45, 2.75) is 13.1 Å². The number of pyridine rings is 2. The van der Waals surface area contributed by atoms with Gasteiger partial charge in [0.05, 0.1) is 12.1 Å². The summed E-state index contributed by atoms with van der Waals surface area (Å²) >= 11 is 0. The molecule has 5 nitrogen and oxygen atoms in total. The van der Waals surface area contributed by atoms with Crippen LogP contribution in [0.4, 0.5) is 5.69 Å². The van der Waals surface area contributed by atoms with Gasteiger partial charge in [0.15, 0.2) is 0 Å². The number of hydrogen-bond donors (Lipinski definition) is 2. The number of anilines is 1. The fraction of sp³-hybridized carbons (Fsp3) is 0.0909. The van der Waals surface area contributed by atoms with Crippen LogP contribution in [0.2, 0.25) is 0 Å². The van der Waals surface area contributed by atoms with Gasteiger partial charge in [-0.15, -0.1) is 0 Å². The third-order valence-corrected chi connectivity index (χ3v) is 4.48. The quantitative estimate of drug-likeness (QED) is 0.571. The molecule has 4 rings (SSSR count). The zero-order chi connectivity index (χ0) is 18.6. The monoisotopic (exact) mass is 357 g/mol. The Kier molecular flexibility index (Phi) is 4.58. The van der Waals surface area contributed by atoms with Crippen LogP contribution in [-0.2, 0) is 13.1 Å². The standard InChI is InChI=1S/C22H19N3O2/c26-18-8-9-19-20(10-11-23-21(19)13-18)24-14-16-4-6-17(7-5-16)15-25-12-2-1-3-22(25)27/h1-13,26H,14-15H2,(H,23,24). The number of benzene rings is 2. The topological polar surface area (TPSA) is 67.2 Å². The number of phenolic OH excluding ortho intramolecular Hbond substituents is 1. The molecule has 0 aliphatic heterocycles. The van der Waals surface area contributed by atoms with Crippen molar-refractivity contribution in [1.82, 2.24) is 9.55 Å². The van der Waals surface area contributed by atoms with Gasteiger partial charge in [0.25, 0.3) is 5.56 Å². The normalized spacial score (nSPS) is 10.8. The van der Waals surface area contributed by atoms with Crippen LogP contribution in [0.5, 0.6) is 5.75 Å². The third-order valence-electron chi connectivity index (χ3n) is 4.48. The molecule has 2 N–H and O–H groups in total. The molecule has 2 aromatic carbocycles. The molecule has 0 aliphatic carbocycles. The lowest BCUT2D eigenvalue weighted by molar-refractivity contribution is 0.476. The second kappa shape index (κ2) is 7.33. The van der Waals surface area contributed by atoms with Gasteiger partial charge in [0.2, 0.25) is 0 Å². The number of fused-ring (bicyclic) bond motifs is 1. The number of hydrogen-bond acceptors (Lipinski definition) is 4. The second-order valence-corrected chi connectivity index (χ2v) is 6.40. The van der Waals surface area contributed by atoms with E-state index in [0.29, 0.717) is 13.1 Å². The first kappa shape index (κ1) is 16.8. The molecule has 0 unspecified atom stereocenters. The van der Waals surface area contributed by atoms with Crippen molar-refractivity contribution in [2.24, 2.45) is 0 Å². The van der Waals surface area contributed by atoms with E-state index in [1.807, 2.05) is 30.3 Å². The Balaban J connectivity index is 1.46. The molecule has 0 saturated heterocycles. The minimum absolute atomic E-state index is 0.00107. The smallest absolute Gasteiger partial charge is 0.250 e. The first-order valence-corrected chi connectivity index (χ1v) is 8.74. The first-order valence-electron chi connectivity index (χ1n) is 8.74. The number of nitrogens with zero attached hydrogens (tertiary/aromatic N) is 2. The van der Waals surface area contributed by atoms with E-state index < -0.39 is 0 Å². The van der Waals surface area contributed by atoms with Gasteiger partial charge in [0.1, 0.15) is 5.75 Å². The lowest BCUT2D eigenvalue weighted by atomic mass is 10.1. The summed E-state index contributed by atoms with van der Waals surface area (Å²) in [5.74, 6) is 0.209. The van der Waals surface area contributed by atoms with Crippen molar-refractivity contribution in [3.05, 3.63) is 101 Å². The molecular weight excluding hydrogens is 338 g/mol. The van der Waals surface area contributed by atoms with Gasteiger partial charge in [-0.1, -0.05) is 30.3 Å². The molecule has 0 bridgehead atoms. The molecule has 134 valence electrons. The van der Waals surface area contributed by atoms with Crippen LogP contribution in [0.15, 0.2) is 83.9 Å². The van der Waals surface area contributed by atoms with Crippen LogP contribution in [0.3, 0.4) is 0 Å². The molecule has 2 aromatic heterocycles. The molecular formula is C22H19N3O2. The van der Waals surface area contributed by atoms with E-state index in [2.05, 4.69) is 22.4 Å². The van der Waals surface area contributed by atoms with Crippen LogP contribution < -0.4 is 10.9 Å². The maximum absolute atomic E-state index is 11.8. The summed E-state index contributed by atoms with van der Waals surface area (Å²) in [5, 5.41) is 14.0. The Morgan fingerprint density at radius 1 is 0.963 bits per heavy atom. The molecule has 4 aromatic rings. The molecule has 0 spiro atoms. The van der Waals surface area contributed by atoms with E-state index in [0.717, 1.165) is 27.7 Å². The number of phenols is 1. The molecule has 0 fully saturated rings. The summed E-state index contributed by atoms with van der Waals surface area (Å²) in [4.78, 5) is 16.1. The highest BCUT2D eigenvalue weighted by molar-refractivity contribution is 5.91. The van der Waals surface area contributed by atoms with E-state index in [1.54, 1.807) is 41.2 Å². The Bertz CT molecular complexity index is 1130. The van der Waals surface area contributed by atoms with E-state index in [9.17, 15) is 9.90 Å². The zero-order valence-electron chi connectivity index (χ0n) is 14.7. The van der Waals surface area contributed by atoms with E-state index in [-0.39, 0.29) is 11.3 Å². The van der Waals surface area contributed by atoms with E-state index >= 15 is 0 Å². The largest absolute Gasteiger partial charge is 0.508 e. The second-order valence-electron chi connectivity index (χ2n) is 6.40. The van der Waals surface area contributed by atoms with Crippen molar-refractivity contribution < 1.29 is 5.11 Å². The summed E-state index contributed by atoms with van der Waals surface area (Å²) in [5.41, 5.74) is 3.95. The predicted octanol–water partition coefficient (Wildman–Crippen LogP) is 3.76. The minimum atomic E-state index is -0.00107. The molecule has 0 aliphatic rings. The SMILES string of the molecule is O=c1ccccn1Cc1ccc(CNc2ccnc3cc(O)ccc23)cc1. The van der Waals surface area contributed by atoms with E-state index in [4.69, 9.17) is 0 Å². The van der Waals surface area contributed by atoms with Gasteiger partial charge < -0.3 is 15.0 Å². The number of aromatic nitrogens is 2. The van der Waals surface area contributed by atoms with Gasteiger partial charge in [-0.05, 0) is 35.4 Å². The van der Waals surface area contributed by atoms with Gasteiger partial charge in [-0.25, -0.2) is 0 Å². The predicted molar refractivity (Wildman–Crippen MR) is 107 cm³/mol. The molecule has 0 radical (unpaired) electrons. The first-order chi connectivity index (χ1) is 13.2. The molecule has 0 atom stereocenters. The van der Waals surface area contributed by atoms with Crippen molar-refractivity contribution in [2.75, 3.05) is 5.32 Å². The average molecular weight is 357 g/mol. The highest BCUT2D eigenvalue weighted by Crippen LogP contribution is 2.25. The maximum Gasteiger partial charge on any atom is 0.250 e. The minimum Gasteiger partial charge on any atom is -0.508 e. The van der Waals surface area contributed by atoms with Gasteiger partial charge in [-0.3, -0.25) is 9.78 Å².